The molecule has 2 aromatic carbocycles. The number of aliphatic hydroxyl groups is 1. The first-order valence-corrected chi connectivity index (χ1v) is 13.5. The average molecular weight is 478 g/mol. The van der Waals surface area contributed by atoms with Crippen LogP contribution < -0.4 is 0 Å². The molecule has 0 amide bonds. The largest absolute Gasteiger partial charge is 0.396 e. The molecule has 1 unspecified atom stereocenters. The third-order valence-electron chi connectivity index (χ3n) is 7.12. The van der Waals surface area contributed by atoms with Crippen molar-refractivity contribution in [3.63, 3.8) is 0 Å². The van der Waals surface area contributed by atoms with Crippen LogP contribution in [-0.2, 0) is 17.7 Å². The van der Waals surface area contributed by atoms with Crippen molar-refractivity contribution >= 4 is 11.8 Å². The summed E-state index contributed by atoms with van der Waals surface area (Å²) in [4.78, 5) is 8.85. The fraction of sp³-hybridized carbons (Fsp3) is 0.464. The van der Waals surface area contributed by atoms with Crippen molar-refractivity contribution in [1.82, 2.24) is 14.5 Å². The maximum Gasteiger partial charge on any atom is 0.143 e. The summed E-state index contributed by atoms with van der Waals surface area (Å²) in [5, 5.41) is 9.03. The minimum Gasteiger partial charge on any atom is -0.396 e. The maximum atomic E-state index is 9.03. The molecule has 1 fully saturated rings. The minimum atomic E-state index is -0.132. The molecule has 1 aromatic heterocycles. The van der Waals surface area contributed by atoms with Crippen LogP contribution >= 0.6 is 11.8 Å². The normalized spacial score (nSPS) is 19.0. The number of rotatable bonds is 7. The predicted octanol–water partition coefficient (Wildman–Crippen LogP) is 5.09. The number of aryl methyl sites for hydroxylation is 1. The number of thioether (sulfide) groups is 1. The van der Waals surface area contributed by atoms with Gasteiger partial charge >= 0.3 is 0 Å². The Morgan fingerprint density at radius 1 is 1.06 bits per heavy atom. The minimum absolute atomic E-state index is 0.132. The quantitative estimate of drug-likeness (QED) is 0.379. The van der Waals surface area contributed by atoms with Gasteiger partial charge in [0.05, 0.1) is 11.8 Å². The summed E-state index contributed by atoms with van der Waals surface area (Å²) in [7, 11) is 2.19. The van der Waals surface area contributed by atoms with Crippen LogP contribution in [-0.4, -0.2) is 58.2 Å². The van der Waals surface area contributed by atoms with E-state index in [0.29, 0.717) is 0 Å². The van der Waals surface area contributed by atoms with Crippen molar-refractivity contribution in [3.05, 3.63) is 71.2 Å². The van der Waals surface area contributed by atoms with Gasteiger partial charge in [0.25, 0.3) is 0 Å². The summed E-state index contributed by atoms with van der Waals surface area (Å²) in [6, 6.07) is 17.4. The van der Waals surface area contributed by atoms with Crippen LogP contribution in [0.25, 0.3) is 11.3 Å². The maximum absolute atomic E-state index is 9.03. The third kappa shape index (κ3) is 4.96. The van der Waals surface area contributed by atoms with Crippen molar-refractivity contribution in [2.24, 2.45) is 0 Å². The van der Waals surface area contributed by atoms with Gasteiger partial charge < -0.3 is 19.3 Å². The van der Waals surface area contributed by atoms with Crippen LogP contribution in [0.4, 0.5) is 0 Å². The molecule has 1 atom stereocenters. The Morgan fingerprint density at radius 3 is 2.59 bits per heavy atom. The lowest BCUT2D eigenvalue weighted by molar-refractivity contribution is -0.0276. The Bertz CT molecular complexity index is 1100. The Morgan fingerprint density at radius 2 is 1.82 bits per heavy atom. The number of ether oxygens (including phenoxy) is 1. The second kappa shape index (κ2) is 10.6. The van der Waals surface area contributed by atoms with Crippen LogP contribution in [0.15, 0.2) is 53.4 Å². The molecule has 0 spiro atoms. The number of aliphatic hydroxyl groups excluding tert-OH is 1. The highest BCUT2D eigenvalue weighted by molar-refractivity contribution is 7.99. The van der Waals surface area contributed by atoms with Gasteiger partial charge in [0.15, 0.2) is 0 Å². The molecule has 180 valence electrons. The smallest absolute Gasteiger partial charge is 0.143 e. The number of hydrogen-bond donors (Lipinski definition) is 1. The molecule has 3 aromatic rings. The molecule has 0 saturated carbocycles. The van der Waals surface area contributed by atoms with E-state index >= 15 is 0 Å². The highest BCUT2D eigenvalue weighted by Gasteiger charge is 2.32. The molecule has 1 N–H and O–H groups in total. The molecule has 6 heteroatoms. The second-order valence-electron chi connectivity index (χ2n) is 9.47. The lowest BCUT2D eigenvalue weighted by Gasteiger charge is -2.32. The Kier molecular flexibility index (Phi) is 7.40. The number of likely N-dealkylation sites (tertiary alicyclic amines) is 1. The fourth-order valence-corrected chi connectivity index (χ4v) is 5.95. The number of benzene rings is 2. The first-order chi connectivity index (χ1) is 16.6. The summed E-state index contributed by atoms with van der Waals surface area (Å²) in [5.74, 6) is 1.97. The molecule has 3 heterocycles. The molecule has 1 saturated heterocycles. The van der Waals surface area contributed by atoms with Crippen molar-refractivity contribution in [2.75, 3.05) is 32.5 Å². The summed E-state index contributed by atoms with van der Waals surface area (Å²) in [5.41, 5.74) is 6.05. The summed E-state index contributed by atoms with van der Waals surface area (Å²) in [6.45, 7) is 5.53. The van der Waals surface area contributed by atoms with E-state index in [1.165, 1.54) is 21.7 Å². The van der Waals surface area contributed by atoms with E-state index in [9.17, 15) is 0 Å². The van der Waals surface area contributed by atoms with E-state index in [2.05, 4.69) is 72.0 Å². The summed E-state index contributed by atoms with van der Waals surface area (Å²) >= 11 is 1.79. The number of piperidine rings is 1. The first kappa shape index (κ1) is 23.6. The predicted molar refractivity (Wildman–Crippen MR) is 138 cm³/mol. The van der Waals surface area contributed by atoms with E-state index < -0.39 is 0 Å². The van der Waals surface area contributed by atoms with Crippen molar-refractivity contribution in [3.8, 4) is 11.3 Å². The summed E-state index contributed by atoms with van der Waals surface area (Å²) in [6.07, 6.45) is 4.07. The molecular formula is C28H35N3O2S. The van der Waals surface area contributed by atoms with Crippen LogP contribution in [0.3, 0.4) is 0 Å². The van der Waals surface area contributed by atoms with Crippen LogP contribution in [0.1, 0.15) is 48.0 Å². The molecule has 5 rings (SSSR count). The standard InChI is InChI=1S/C28H35N3O2S/c1-20-26(22-8-10-24(11-9-22)34-19-5-18-32)29-28-27(33-23-13-15-30(2)16-14-23)25-7-4-3-6-21(25)12-17-31(20)28/h3-4,6-11,23,27,32H,5,12-19H2,1-2H3. The average Bonchev–Trinajstić information content (AvgIpc) is 3.10. The van der Waals surface area contributed by atoms with Gasteiger partial charge in [-0.15, -0.1) is 11.8 Å². The van der Waals surface area contributed by atoms with E-state index in [1.54, 1.807) is 11.8 Å². The monoisotopic (exact) mass is 477 g/mol. The van der Waals surface area contributed by atoms with E-state index in [4.69, 9.17) is 14.8 Å². The van der Waals surface area contributed by atoms with Gasteiger partial charge in [-0.25, -0.2) is 4.98 Å². The number of imidazole rings is 1. The van der Waals surface area contributed by atoms with Crippen LogP contribution in [0.5, 0.6) is 0 Å². The molecule has 0 aliphatic carbocycles. The zero-order chi connectivity index (χ0) is 23.5. The van der Waals surface area contributed by atoms with Gasteiger partial charge in [-0.05, 0) is 62.9 Å². The number of fused-ring (bicyclic) bond motifs is 2. The van der Waals surface area contributed by atoms with Crippen molar-refractivity contribution in [1.29, 1.82) is 0 Å². The molecule has 0 bridgehead atoms. The zero-order valence-corrected chi connectivity index (χ0v) is 21.1. The van der Waals surface area contributed by atoms with Gasteiger partial charge in [-0.3, -0.25) is 0 Å². The van der Waals surface area contributed by atoms with E-state index in [1.807, 2.05) is 0 Å². The molecule has 2 aliphatic heterocycles. The molecule has 2 aliphatic rings. The number of hydrogen-bond acceptors (Lipinski definition) is 5. The molecule has 5 nitrogen and oxygen atoms in total. The van der Waals surface area contributed by atoms with Gasteiger partial charge in [0.2, 0.25) is 0 Å². The van der Waals surface area contributed by atoms with Crippen molar-refractivity contribution < 1.29 is 9.84 Å². The van der Waals surface area contributed by atoms with Crippen molar-refractivity contribution in [2.45, 2.75) is 56.3 Å². The van der Waals surface area contributed by atoms with Gasteiger partial charge in [-0.2, -0.15) is 0 Å². The topological polar surface area (TPSA) is 50.5 Å². The Hall–Kier alpha value is -2.12. The second-order valence-corrected chi connectivity index (χ2v) is 10.6. The molecule has 0 radical (unpaired) electrons. The Balaban J connectivity index is 1.47. The number of aromatic nitrogens is 2. The highest BCUT2D eigenvalue weighted by atomic mass is 32.2. The van der Waals surface area contributed by atoms with Gasteiger partial charge in [-0.1, -0.05) is 36.4 Å². The third-order valence-corrected chi connectivity index (χ3v) is 8.22. The lowest BCUT2D eigenvalue weighted by Crippen LogP contribution is -2.35. The Labute approximate surface area is 207 Å². The zero-order valence-electron chi connectivity index (χ0n) is 20.2. The first-order valence-electron chi connectivity index (χ1n) is 12.5. The highest BCUT2D eigenvalue weighted by Crippen LogP contribution is 2.37. The lowest BCUT2D eigenvalue weighted by atomic mass is 10.00. The molecule has 34 heavy (non-hydrogen) atoms. The van der Waals surface area contributed by atoms with Crippen LogP contribution in [0.2, 0.25) is 0 Å². The molecular weight excluding hydrogens is 442 g/mol. The SMILES string of the molecule is Cc1c(-c2ccc(SCCCO)cc2)nc2n1CCc1ccccc1C2OC1CCN(C)CC1. The van der Waals surface area contributed by atoms with Gasteiger partial charge in [0.1, 0.15) is 11.9 Å². The summed E-state index contributed by atoms with van der Waals surface area (Å²) < 4.78 is 9.25. The fourth-order valence-electron chi connectivity index (χ4n) is 5.11. The van der Waals surface area contributed by atoms with Crippen LogP contribution in [0, 0.1) is 6.92 Å². The number of nitrogens with zero attached hydrogens (tertiary/aromatic N) is 3. The van der Waals surface area contributed by atoms with Gasteiger partial charge in [0, 0.05) is 48.1 Å². The van der Waals surface area contributed by atoms with E-state index in [0.717, 1.165) is 68.2 Å². The van der Waals surface area contributed by atoms with E-state index in [-0.39, 0.29) is 18.8 Å².